The molecule has 140 valence electrons. The highest BCUT2D eigenvalue weighted by Crippen LogP contribution is 2.31. The number of fused-ring (bicyclic) bond motifs is 1. The first-order valence-corrected chi connectivity index (χ1v) is 9.53. The zero-order chi connectivity index (χ0) is 19.0. The maximum atomic E-state index is 12.1. The quantitative estimate of drug-likeness (QED) is 0.676. The van der Waals surface area contributed by atoms with Crippen LogP contribution in [0.4, 0.5) is 5.69 Å². The fourth-order valence-electron chi connectivity index (χ4n) is 3.73. The Labute approximate surface area is 167 Å². The van der Waals surface area contributed by atoms with Crippen LogP contribution in [0, 0.1) is 0 Å². The number of rotatable bonds is 4. The smallest absolute Gasteiger partial charge is 0.325 e. The first kappa shape index (κ1) is 18.2. The number of aliphatic carboxylic acids is 1. The van der Waals surface area contributed by atoms with Gasteiger partial charge >= 0.3 is 5.97 Å². The minimum Gasteiger partial charge on any atom is -0.480 e. The Morgan fingerprint density at radius 3 is 2.48 bits per heavy atom. The molecule has 2 aromatic carbocycles. The minimum absolute atomic E-state index is 0.527. The molecule has 4 rings (SSSR count). The Kier molecular flexibility index (Phi) is 5.00. The lowest BCUT2D eigenvalue weighted by Crippen LogP contribution is -2.49. The Hall–Kier alpha value is -2.21. The van der Waals surface area contributed by atoms with E-state index in [0.29, 0.717) is 23.1 Å². The van der Waals surface area contributed by atoms with Crippen LogP contribution in [0.3, 0.4) is 0 Å². The van der Waals surface area contributed by atoms with Crippen LogP contribution in [0.15, 0.2) is 48.7 Å². The number of piperazine rings is 1. The molecule has 1 unspecified atom stereocenters. The van der Waals surface area contributed by atoms with Crippen molar-refractivity contribution in [1.29, 1.82) is 0 Å². The van der Waals surface area contributed by atoms with Gasteiger partial charge in [-0.15, -0.1) is 0 Å². The fourth-order valence-corrected chi connectivity index (χ4v) is 4.02. The highest BCUT2D eigenvalue weighted by Gasteiger charge is 2.32. The molecule has 0 amide bonds. The van der Waals surface area contributed by atoms with Crippen LogP contribution in [-0.4, -0.2) is 47.1 Å². The van der Waals surface area contributed by atoms with Crippen molar-refractivity contribution >= 4 is 45.8 Å². The third-order valence-corrected chi connectivity index (χ3v) is 5.84. The van der Waals surface area contributed by atoms with Gasteiger partial charge in [-0.05, 0) is 24.3 Å². The summed E-state index contributed by atoms with van der Waals surface area (Å²) in [6, 6.07) is 12.7. The van der Waals surface area contributed by atoms with Crippen molar-refractivity contribution in [3.8, 4) is 0 Å². The highest BCUT2D eigenvalue weighted by molar-refractivity contribution is 6.42. The molecule has 2 heterocycles. The van der Waals surface area contributed by atoms with Gasteiger partial charge in [0, 0.05) is 54.5 Å². The summed E-state index contributed by atoms with van der Waals surface area (Å²) < 4.78 is 0. The second-order valence-corrected chi connectivity index (χ2v) is 7.47. The van der Waals surface area contributed by atoms with Crippen LogP contribution in [0.2, 0.25) is 10.0 Å². The van der Waals surface area contributed by atoms with Gasteiger partial charge < -0.3 is 15.0 Å². The van der Waals surface area contributed by atoms with E-state index in [9.17, 15) is 9.90 Å². The van der Waals surface area contributed by atoms with Crippen molar-refractivity contribution < 1.29 is 9.90 Å². The molecule has 0 saturated carbocycles. The van der Waals surface area contributed by atoms with Gasteiger partial charge in [0.15, 0.2) is 0 Å². The van der Waals surface area contributed by atoms with Gasteiger partial charge in [0.2, 0.25) is 0 Å². The van der Waals surface area contributed by atoms with Gasteiger partial charge in [-0.3, -0.25) is 9.69 Å². The molecular weight excluding hydrogens is 385 g/mol. The molecule has 0 bridgehead atoms. The molecule has 5 nitrogen and oxygen atoms in total. The maximum Gasteiger partial charge on any atom is 0.325 e. The van der Waals surface area contributed by atoms with E-state index in [0.717, 1.165) is 35.2 Å². The molecule has 1 atom stereocenters. The molecule has 0 aliphatic carbocycles. The summed E-state index contributed by atoms with van der Waals surface area (Å²) in [5, 5.41) is 11.9. The summed E-state index contributed by atoms with van der Waals surface area (Å²) in [6.45, 7) is 2.75. The first-order chi connectivity index (χ1) is 13.0. The van der Waals surface area contributed by atoms with Crippen molar-refractivity contribution in [2.45, 2.75) is 6.04 Å². The molecule has 3 aromatic rings. The minimum atomic E-state index is -0.831. The second kappa shape index (κ2) is 7.43. The predicted octanol–water partition coefficient (Wildman–Crippen LogP) is 4.42. The number of para-hydroxylation sites is 1. The van der Waals surface area contributed by atoms with Gasteiger partial charge in [0.05, 0.1) is 10.0 Å². The van der Waals surface area contributed by atoms with E-state index < -0.39 is 12.0 Å². The molecule has 1 aliphatic rings. The van der Waals surface area contributed by atoms with Gasteiger partial charge in [-0.25, -0.2) is 0 Å². The summed E-state index contributed by atoms with van der Waals surface area (Å²) in [5.74, 6) is -0.831. The van der Waals surface area contributed by atoms with Crippen molar-refractivity contribution in [1.82, 2.24) is 9.88 Å². The van der Waals surface area contributed by atoms with Gasteiger partial charge in [0.1, 0.15) is 6.04 Å². The Balaban J connectivity index is 1.54. The maximum absolute atomic E-state index is 12.1. The summed E-state index contributed by atoms with van der Waals surface area (Å²) in [6.07, 6.45) is 1.81. The lowest BCUT2D eigenvalue weighted by Gasteiger charge is -2.38. The van der Waals surface area contributed by atoms with Crippen molar-refractivity contribution in [2.75, 3.05) is 31.1 Å². The van der Waals surface area contributed by atoms with E-state index in [4.69, 9.17) is 23.2 Å². The van der Waals surface area contributed by atoms with E-state index in [1.165, 1.54) is 0 Å². The topological polar surface area (TPSA) is 59.6 Å². The summed E-state index contributed by atoms with van der Waals surface area (Å²) >= 11 is 12.1. The third-order valence-electron chi connectivity index (χ3n) is 5.10. The zero-order valence-electron chi connectivity index (χ0n) is 14.5. The first-order valence-electron chi connectivity index (χ1n) is 8.77. The van der Waals surface area contributed by atoms with Crippen molar-refractivity contribution in [2.24, 2.45) is 0 Å². The SMILES string of the molecule is O=C(O)C(c1c[nH]c2ccccc12)N1CCN(c2ccc(Cl)c(Cl)c2)CC1. The largest absolute Gasteiger partial charge is 0.480 e. The summed E-state index contributed by atoms with van der Waals surface area (Å²) in [4.78, 5) is 19.5. The lowest BCUT2D eigenvalue weighted by molar-refractivity contribution is -0.143. The van der Waals surface area contributed by atoms with E-state index in [1.807, 2.05) is 47.5 Å². The monoisotopic (exact) mass is 403 g/mol. The standard InChI is InChI=1S/C20H19Cl2N3O2/c21-16-6-5-13(11-17(16)22)24-7-9-25(10-8-24)19(20(26)27)15-12-23-18-4-2-1-3-14(15)18/h1-6,11-12,19,23H,7-10H2,(H,26,27). The number of benzene rings is 2. The van der Waals surface area contributed by atoms with Gasteiger partial charge in [-0.2, -0.15) is 0 Å². The molecular formula is C20H19Cl2N3O2. The molecule has 0 spiro atoms. The van der Waals surface area contributed by atoms with Gasteiger partial charge in [-0.1, -0.05) is 41.4 Å². The fraction of sp³-hybridized carbons (Fsp3) is 0.250. The highest BCUT2D eigenvalue weighted by atomic mass is 35.5. The predicted molar refractivity (Wildman–Crippen MR) is 109 cm³/mol. The number of hydrogen-bond acceptors (Lipinski definition) is 3. The average molecular weight is 404 g/mol. The number of anilines is 1. The number of aromatic amines is 1. The molecule has 1 aliphatic heterocycles. The average Bonchev–Trinajstić information content (AvgIpc) is 3.08. The number of nitrogens with zero attached hydrogens (tertiary/aromatic N) is 2. The van der Waals surface area contributed by atoms with Crippen LogP contribution in [-0.2, 0) is 4.79 Å². The van der Waals surface area contributed by atoms with Crippen LogP contribution < -0.4 is 4.90 Å². The summed E-state index contributed by atoms with van der Waals surface area (Å²) in [5.41, 5.74) is 2.76. The number of carboxylic acid groups (broad SMARTS) is 1. The molecule has 1 fully saturated rings. The molecule has 2 N–H and O–H groups in total. The Bertz CT molecular complexity index is 980. The number of carbonyl (C=O) groups is 1. The van der Waals surface area contributed by atoms with Crippen LogP contribution >= 0.6 is 23.2 Å². The number of nitrogens with one attached hydrogen (secondary N) is 1. The normalized spacial score (nSPS) is 16.6. The number of aromatic nitrogens is 1. The van der Waals surface area contributed by atoms with Crippen molar-refractivity contribution in [3.63, 3.8) is 0 Å². The molecule has 0 radical (unpaired) electrons. The Morgan fingerprint density at radius 2 is 1.78 bits per heavy atom. The van der Waals surface area contributed by atoms with E-state index in [2.05, 4.69) is 9.88 Å². The summed E-state index contributed by atoms with van der Waals surface area (Å²) in [7, 11) is 0. The number of halogens is 2. The van der Waals surface area contributed by atoms with E-state index in [-0.39, 0.29) is 0 Å². The molecule has 7 heteroatoms. The molecule has 1 saturated heterocycles. The zero-order valence-corrected chi connectivity index (χ0v) is 16.0. The molecule has 1 aromatic heterocycles. The van der Waals surface area contributed by atoms with Crippen LogP contribution in [0.5, 0.6) is 0 Å². The number of carboxylic acids is 1. The lowest BCUT2D eigenvalue weighted by atomic mass is 10.0. The van der Waals surface area contributed by atoms with Crippen molar-refractivity contribution in [3.05, 3.63) is 64.3 Å². The van der Waals surface area contributed by atoms with Crippen LogP contribution in [0.1, 0.15) is 11.6 Å². The third kappa shape index (κ3) is 3.50. The van der Waals surface area contributed by atoms with E-state index >= 15 is 0 Å². The number of hydrogen-bond donors (Lipinski definition) is 2. The second-order valence-electron chi connectivity index (χ2n) is 6.65. The molecule has 27 heavy (non-hydrogen) atoms. The number of H-pyrrole nitrogens is 1. The Morgan fingerprint density at radius 1 is 1.04 bits per heavy atom. The van der Waals surface area contributed by atoms with Gasteiger partial charge in [0.25, 0.3) is 0 Å². The van der Waals surface area contributed by atoms with E-state index in [1.54, 1.807) is 6.07 Å². The van der Waals surface area contributed by atoms with Crippen LogP contribution in [0.25, 0.3) is 10.9 Å².